The lowest BCUT2D eigenvalue weighted by molar-refractivity contribution is -0.422. The normalized spacial score (nSPS) is 10.8. The Bertz CT molecular complexity index is 492. The quantitative estimate of drug-likeness (QED) is 0.866. The number of nitrogens with zero attached hydrogens (tertiary/aromatic N) is 5. The van der Waals surface area contributed by atoms with Crippen molar-refractivity contribution >= 4 is 0 Å². The van der Waals surface area contributed by atoms with Crippen LogP contribution < -0.4 is 5.73 Å². The van der Waals surface area contributed by atoms with Gasteiger partial charge in [-0.05, 0) is 13.8 Å². The van der Waals surface area contributed by atoms with Gasteiger partial charge in [0.15, 0.2) is 11.6 Å². The number of rotatable bonds is 2. The Labute approximate surface area is 119 Å². The molecule has 0 amide bonds. The summed E-state index contributed by atoms with van der Waals surface area (Å²) < 4.78 is 1.53. The molecular weight excluding hydrogens is 256 g/mol. The predicted molar refractivity (Wildman–Crippen MR) is 77.3 cm³/mol. The van der Waals surface area contributed by atoms with Crippen molar-refractivity contribution in [1.82, 2.24) is 24.7 Å². The third-order valence-electron chi connectivity index (χ3n) is 1.99. The largest absolute Gasteiger partial charge is 0.505 e. The molecule has 2 rings (SSSR count). The first-order valence-electron chi connectivity index (χ1n) is 6.86. The van der Waals surface area contributed by atoms with E-state index in [0.29, 0.717) is 17.6 Å². The molecule has 0 aliphatic carbocycles. The summed E-state index contributed by atoms with van der Waals surface area (Å²) in [4.78, 5) is 12.2. The Kier molecular flexibility index (Phi) is 8.07. The van der Waals surface area contributed by atoms with Crippen LogP contribution in [0.5, 0.6) is 5.75 Å². The summed E-state index contributed by atoms with van der Waals surface area (Å²) in [5, 5.41) is 13.3. The maximum Gasteiger partial charge on any atom is 0.252 e. The third-order valence-corrected chi connectivity index (χ3v) is 1.99. The minimum absolute atomic E-state index is 0.0152. The molecule has 0 fully saturated rings. The number of aromatic nitrogens is 5. The molecule has 7 nitrogen and oxygen atoms in total. The maximum absolute atomic E-state index is 9.10. The molecule has 0 aliphatic heterocycles. The maximum atomic E-state index is 9.10. The van der Waals surface area contributed by atoms with Crippen molar-refractivity contribution in [3.05, 3.63) is 24.0 Å². The Hall–Kier alpha value is -2.02. The van der Waals surface area contributed by atoms with Crippen molar-refractivity contribution in [1.29, 1.82) is 0 Å². The second kappa shape index (κ2) is 8.98. The van der Waals surface area contributed by atoms with Gasteiger partial charge in [-0.2, -0.15) is 4.68 Å². The first kappa shape index (κ1) is 18.0. The molecule has 1 unspecified atom stereocenters. The van der Waals surface area contributed by atoms with Crippen molar-refractivity contribution in [2.45, 2.75) is 47.6 Å². The van der Waals surface area contributed by atoms with Gasteiger partial charge < -0.3 is 10.8 Å². The number of quaternary nitrogens is 1. The van der Waals surface area contributed by atoms with E-state index in [9.17, 15) is 0 Å². The Morgan fingerprint density at radius 2 is 1.65 bits per heavy atom. The first-order chi connectivity index (χ1) is 9.58. The first-order valence-corrected chi connectivity index (χ1v) is 6.86. The highest BCUT2D eigenvalue weighted by Gasteiger charge is 2.16. The average molecular weight is 281 g/mol. The van der Waals surface area contributed by atoms with Gasteiger partial charge >= 0.3 is 0 Å². The van der Waals surface area contributed by atoms with Crippen molar-refractivity contribution in [2.75, 3.05) is 0 Å². The van der Waals surface area contributed by atoms with Crippen molar-refractivity contribution in [3.8, 4) is 11.7 Å². The minimum Gasteiger partial charge on any atom is -0.505 e. The van der Waals surface area contributed by atoms with Crippen LogP contribution in [0, 0.1) is 6.92 Å². The monoisotopic (exact) mass is 281 g/mol. The minimum atomic E-state index is -0.0152. The second-order valence-electron chi connectivity index (χ2n) is 3.57. The molecule has 4 N–H and O–H groups in total. The van der Waals surface area contributed by atoms with Crippen molar-refractivity contribution in [2.24, 2.45) is 0 Å². The molecular formula is C13H25N6O+. The smallest absolute Gasteiger partial charge is 0.252 e. The lowest BCUT2D eigenvalue weighted by atomic mass is 10.3. The van der Waals surface area contributed by atoms with Crippen LogP contribution in [-0.4, -0.2) is 29.8 Å². The van der Waals surface area contributed by atoms with Crippen LogP contribution in [-0.2, 0) is 0 Å². The summed E-state index contributed by atoms with van der Waals surface area (Å²) in [6.07, 6.45) is 2.63. The average Bonchev–Trinajstić information content (AvgIpc) is 2.86. The second-order valence-corrected chi connectivity index (χ2v) is 3.57. The fourth-order valence-corrected chi connectivity index (χ4v) is 1.32. The summed E-state index contributed by atoms with van der Waals surface area (Å²) in [6.45, 7) is 11.7. The molecule has 0 saturated carbocycles. The summed E-state index contributed by atoms with van der Waals surface area (Å²) in [6, 6.07) is -0.0152. The summed E-state index contributed by atoms with van der Waals surface area (Å²) in [5.74, 6) is 1.74. The van der Waals surface area contributed by atoms with Gasteiger partial charge in [0.1, 0.15) is 11.9 Å². The molecule has 2 aromatic rings. The van der Waals surface area contributed by atoms with E-state index in [4.69, 9.17) is 5.11 Å². The van der Waals surface area contributed by atoms with E-state index < -0.39 is 0 Å². The lowest BCUT2D eigenvalue weighted by Gasteiger charge is -2.03. The van der Waals surface area contributed by atoms with Gasteiger partial charge in [0, 0.05) is 0 Å². The highest BCUT2D eigenvalue weighted by molar-refractivity contribution is 5.18. The highest BCUT2D eigenvalue weighted by Crippen LogP contribution is 2.11. The summed E-state index contributed by atoms with van der Waals surface area (Å²) in [5.41, 5.74) is 3.90. The number of aryl methyl sites for hydroxylation is 1. The molecule has 7 heteroatoms. The molecule has 0 bridgehead atoms. The third kappa shape index (κ3) is 4.58. The fraction of sp³-hybridized carbons (Fsp3) is 0.538. The van der Waals surface area contributed by atoms with E-state index in [-0.39, 0.29) is 11.8 Å². The van der Waals surface area contributed by atoms with Crippen LogP contribution in [0.4, 0.5) is 0 Å². The zero-order valence-corrected chi connectivity index (χ0v) is 13.1. The van der Waals surface area contributed by atoms with Gasteiger partial charge in [0.05, 0.1) is 12.4 Å². The van der Waals surface area contributed by atoms with E-state index in [1.807, 2.05) is 34.6 Å². The zero-order valence-electron chi connectivity index (χ0n) is 13.1. The molecule has 0 aromatic carbocycles. The van der Waals surface area contributed by atoms with Gasteiger partial charge in [-0.1, -0.05) is 27.7 Å². The number of hydrogen-bond acceptors (Lipinski definition) is 5. The SMILES string of the molecule is CC.CC.Cc1nc(C(C)[NH3+])n(-c2ncc(O)cn2)n1. The number of hydrogen-bond donors (Lipinski definition) is 2. The van der Waals surface area contributed by atoms with Crippen LogP contribution in [0.3, 0.4) is 0 Å². The topological polar surface area (TPSA) is 104 Å². The molecule has 20 heavy (non-hydrogen) atoms. The van der Waals surface area contributed by atoms with E-state index in [1.165, 1.54) is 17.1 Å². The summed E-state index contributed by atoms with van der Waals surface area (Å²) >= 11 is 0. The van der Waals surface area contributed by atoms with E-state index in [0.717, 1.165) is 0 Å². The molecule has 0 saturated heterocycles. The molecule has 0 radical (unpaired) electrons. The van der Waals surface area contributed by atoms with Crippen LogP contribution >= 0.6 is 0 Å². The molecule has 2 aromatic heterocycles. The molecule has 2 heterocycles. The van der Waals surface area contributed by atoms with Crippen LogP contribution in [0.25, 0.3) is 5.95 Å². The van der Waals surface area contributed by atoms with Gasteiger partial charge in [-0.3, -0.25) is 0 Å². The molecule has 0 aliphatic rings. The highest BCUT2D eigenvalue weighted by atomic mass is 16.3. The molecule has 0 spiro atoms. The van der Waals surface area contributed by atoms with Gasteiger partial charge in [-0.15, -0.1) is 5.10 Å². The van der Waals surface area contributed by atoms with Crippen LogP contribution in [0.2, 0.25) is 0 Å². The number of aromatic hydroxyl groups is 1. The Morgan fingerprint density at radius 1 is 1.15 bits per heavy atom. The zero-order chi connectivity index (χ0) is 15.7. The van der Waals surface area contributed by atoms with Crippen LogP contribution in [0.15, 0.2) is 12.4 Å². The van der Waals surface area contributed by atoms with Crippen LogP contribution in [0.1, 0.15) is 52.3 Å². The Balaban J connectivity index is 0.000000829. The van der Waals surface area contributed by atoms with Gasteiger partial charge in [-0.25, -0.2) is 15.0 Å². The van der Waals surface area contributed by atoms with Crippen molar-refractivity contribution < 1.29 is 10.8 Å². The fourth-order valence-electron chi connectivity index (χ4n) is 1.32. The van der Waals surface area contributed by atoms with Gasteiger partial charge in [0.2, 0.25) is 0 Å². The Morgan fingerprint density at radius 3 is 2.10 bits per heavy atom. The summed E-state index contributed by atoms with van der Waals surface area (Å²) in [7, 11) is 0. The van der Waals surface area contributed by atoms with E-state index in [1.54, 1.807) is 6.92 Å². The predicted octanol–water partition coefficient (Wildman–Crippen LogP) is 1.43. The standard InChI is InChI=1S/C9H12N6O.2C2H6/c1-5(10)8-13-6(2)14-15(8)9-11-3-7(16)4-12-9;2*1-2/h3-5,16H,10H2,1-2H3;2*1-2H3/p+1. The van der Waals surface area contributed by atoms with E-state index >= 15 is 0 Å². The van der Waals surface area contributed by atoms with Crippen molar-refractivity contribution in [3.63, 3.8) is 0 Å². The molecule has 112 valence electrons. The van der Waals surface area contributed by atoms with E-state index in [2.05, 4.69) is 25.8 Å². The lowest BCUT2D eigenvalue weighted by Crippen LogP contribution is -2.52. The van der Waals surface area contributed by atoms with Gasteiger partial charge in [0.25, 0.3) is 5.95 Å². The molecule has 1 atom stereocenters.